The van der Waals surface area contributed by atoms with Gasteiger partial charge in [-0.1, -0.05) is 28.9 Å². The second-order valence-electron chi connectivity index (χ2n) is 5.45. The molecule has 0 radical (unpaired) electrons. The summed E-state index contributed by atoms with van der Waals surface area (Å²) in [4.78, 5) is 27.3. The number of nitrogens with zero attached hydrogens (tertiary/aromatic N) is 2. The Morgan fingerprint density at radius 3 is 2.57 bits per heavy atom. The van der Waals surface area contributed by atoms with Crippen molar-refractivity contribution in [2.24, 2.45) is 11.8 Å². The van der Waals surface area contributed by atoms with Crippen LogP contribution in [0, 0.1) is 18.8 Å². The summed E-state index contributed by atoms with van der Waals surface area (Å²) in [6, 6.07) is 6.27. The highest BCUT2D eigenvalue weighted by atomic mass is 35.5. The Hall–Kier alpha value is -2.41. The molecule has 1 aromatic heterocycles. The Labute approximate surface area is 136 Å². The summed E-state index contributed by atoms with van der Waals surface area (Å²) < 4.78 is 4.98. The van der Waals surface area contributed by atoms with Crippen LogP contribution in [-0.4, -0.2) is 27.1 Å². The van der Waals surface area contributed by atoms with E-state index < -0.39 is 23.8 Å². The number of hydrogen-bond donors (Lipinski definition) is 2. The van der Waals surface area contributed by atoms with Gasteiger partial charge in [-0.25, -0.2) is 0 Å². The molecule has 1 fully saturated rings. The highest BCUT2D eigenvalue weighted by Crippen LogP contribution is 2.39. The molecule has 1 saturated carbocycles. The van der Waals surface area contributed by atoms with E-state index in [1.807, 2.05) is 0 Å². The van der Waals surface area contributed by atoms with Gasteiger partial charge in [0.1, 0.15) is 6.04 Å². The molecule has 2 N–H and O–H groups in total. The minimum atomic E-state index is -0.955. The van der Waals surface area contributed by atoms with Gasteiger partial charge in [-0.05, 0) is 24.1 Å². The van der Waals surface area contributed by atoms with E-state index in [1.165, 1.54) is 0 Å². The predicted molar refractivity (Wildman–Crippen MR) is 79.7 cm³/mol. The zero-order chi connectivity index (χ0) is 16.6. The second-order valence-corrected chi connectivity index (χ2v) is 5.89. The Morgan fingerprint density at radius 1 is 1.35 bits per heavy atom. The summed E-state index contributed by atoms with van der Waals surface area (Å²) in [7, 11) is 0. The van der Waals surface area contributed by atoms with Gasteiger partial charge in [-0.2, -0.15) is 4.98 Å². The minimum absolute atomic E-state index is 0.311. The van der Waals surface area contributed by atoms with Crippen LogP contribution in [0.3, 0.4) is 0 Å². The summed E-state index contributed by atoms with van der Waals surface area (Å²) in [5.41, 5.74) is 0.732. The zero-order valence-electron chi connectivity index (χ0n) is 12.2. The number of halogens is 1. The van der Waals surface area contributed by atoms with Gasteiger partial charge >= 0.3 is 5.97 Å². The Morgan fingerprint density at radius 2 is 2.04 bits per heavy atom. The molecule has 1 aliphatic carbocycles. The summed E-state index contributed by atoms with van der Waals surface area (Å²) >= 11 is 5.88. The third-order valence-corrected chi connectivity index (χ3v) is 3.99. The lowest BCUT2D eigenvalue weighted by Crippen LogP contribution is -2.32. The number of carbonyl (C=O) groups excluding carboxylic acids is 1. The standard InChI is InChI=1S/C15H14ClN3O4/c1-7-17-13(19-23-7)12(8-2-4-9(16)5-3-8)18-14(20)10-6-11(10)15(21)22/h2-5,10-12H,6H2,1H3,(H,18,20)(H,21,22)/t10-,11-,12+/m0/s1. The molecule has 1 aliphatic rings. The lowest BCUT2D eigenvalue weighted by Gasteiger charge is -2.16. The van der Waals surface area contributed by atoms with Gasteiger partial charge in [0.15, 0.2) is 5.82 Å². The number of benzene rings is 1. The molecular weight excluding hydrogens is 322 g/mol. The van der Waals surface area contributed by atoms with Crippen molar-refractivity contribution in [3.05, 3.63) is 46.6 Å². The first-order valence-electron chi connectivity index (χ1n) is 7.04. The van der Waals surface area contributed by atoms with Crippen molar-refractivity contribution in [2.75, 3.05) is 0 Å². The molecule has 0 saturated heterocycles. The van der Waals surface area contributed by atoms with E-state index in [2.05, 4.69) is 15.5 Å². The molecule has 3 rings (SSSR count). The van der Waals surface area contributed by atoms with Crippen LogP contribution in [-0.2, 0) is 9.59 Å². The van der Waals surface area contributed by atoms with Crippen molar-refractivity contribution in [1.82, 2.24) is 15.5 Å². The molecule has 8 heteroatoms. The van der Waals surface area contributed by atoms with Crippen LogP contribution in [0.5, 0.6) is 0 Å². The number of carboxylic acids is 1. The highest BCUT2D eigenvalue weighted by molar-refractivity contribution is 6.30. The Kier molecular flexibility index (Phi) is 4.04. The van der Waals surface area contributed by atoms with Crippen molar-refractivity contribution in [2.45, 2.75) is 19.4 Å². The molecule has 1 heterocycles. The molecule has 3 atom stereocenters. The Bertz CT molecular complexity index is 743. The fraction of sp³-hybridized carbons (Fsp3) is 0.333. The van der Waals surface area contributed by atoms with Gasteiger partial charge in [0.2, 0.25) is 11.8 Å². The maximum atomic E-state index is 12.3. The van der Waals surface area contributed by atoms with Crippen LogP contribution in [0.15, 0.2) is 28.8 Å². The maximum absolute atomic E-state index is 12.3. The smallest absolute Gasteiger partial charge is 0.307 e. The van der Waals surface area contributed by atoms with Crippen LogP contribution in [0.1, 0.15) is 29.7 Å². The van der Waals surface area contributed by atoms with Crippen LogP contribution in [0.4, 0.5) is 0 Å². The number of carbonyl (C=O) groups is 2. The number of rotatable bonds is 5. The summed E-state index contributed by atoms with van der Waals surface area (Å²) in [6.45, 7) is 1.65. The van der Waals surface area contributed by atoms with E-state index in [0.29, 0.717) is 23.2 Å². The van der Waals surface area contributed by atoms with Crippen LogP contribution in [0.25, 0.3) is 0 Å². The van der Waals surface area contributed by atoms with Crippen molar-refractivity contribution >= 4 is 23.5 Å². The predicted octanol–water partition coefficient (Wildman–Crippen LogP) is 1.96. The van der Waals surface area contributed by atoms with Crippen molar-refractivity contribution in [3.63, 3.8) is 0 Å². The third kappa shape index (κ3) is 3.34. The fourth-order valence-corrected chi connectivity index (χ4v) is 2.52. The topological polar surface area (TPSA) is 105 Å². The van der Waals surface area contributed by atoms with Gasteiger partial charge in [-0.3, -0.25) is 9.59 Å². The summed E-state index contributed by atoms with van der Waals surface area (Å²) in [5, 5.41) is 16.2. The molecule has 0 unspecified atom stereocenters. The quantitative estimate of drug-likeness (QED) is 0.865. The molecule has 7 nitrogen and oxygen atoms in total. The molecule has 2 aromatic rings. The highest BCUT2D eigenvalue weighted by Gasteiger charge is 2.48. The van der Waals surface area contributed by atoms with Gasteiger partial charge < -0.3 is 14.9 Å². The van der Waals surface area contributed by atoms with E-state index in [-0.39, 0.29) is 5.91 Å². The van der Waals surface area contributed by atoms with E-state index >= 15 is 0 Å². The average molecular weight is 336 g/mol. The third-order valence-electron chi connectivity index (χ3n) is 3.74. The van der Waals surface area contributed by atoms with Crippen LogP contribution < -0.4 is 5.32 Å². The first-order valence-corrected chi connectivity index (χ1v) is 7.42. The van der Waals surface area contributed by atoms with E-state index in [9.17, 15) is 9.59 Å². The van der Waals surface area contributed by atoms with Gasteiger partial charge in [-0.15, -0.1) is 0 Å². The minimum Gasteiger partial charge on any atom is -0.481 e. The zero-order valence-corrected chi connectivity index (χ0v) is 12.9. The number of aryl methyl sites for hydroxylation is 1. The maximum Gasteiger partial charge on any atom is 0.307 e. The lowest BCUT2D eigenvalue weighted by molar-refractivity contribution is -0.140. The second kappa shape index (κ2) is 6.00. The van der Waals surface area contributed by atoms with Crippen molar-refractivity contribution in [1.29, 1.82) is 0 Å². The Balaban J connectivity index is 1.83. The van der Waals surface area contributed by atoms with E-state index in [1.54, 1.807) is 31.2 Å². The molecular formula is C15H14ClN3O4. The number of aliphatic carboxylic acids is 1. The first kappa shape index (κ1) is 15.5. The monoisotopic (exact) mass is 335 g/mol. The number of aromatic nitrogens is 2. The molecule has 0 bridgehead atoms. The lowest BCUT2D eigenvalue weighted by atomic mass is 10.1. The van der Waals surface area contributed by atoms with Crippen molar-refractivity contribution < 1.29 is 19.2 Å². The molecule has 1 aromatic carbocycles. The summed E-state index contributed by atoms with van der Waals surface area (Å²) in [6.07, 6.45) is 0.347. The van der Waals surface area contributed by atoms with Gasteiger partial charge in [0.25, 0.3) is 0 Å². The van der Waals surface area contributed by atoms with E-state index in [0.717, 1.165) is 5.56 Å². The molecule has 0 spiro atoms. The van der Waals surface area contributed by atoms with Crippen molar-refractivity contribution in [3.8, 4) is 0 Å². The molecule has 1 amide bonds. The normalized spacial score (nSPS) is 20.8. The van der Waals surface area contributed by atoms with Gasteiger partial charge in [0.05, 0.1) is 11.8 Å². The molecule has 120 valence electrons. The number of nitrogens with one attached hydrogen (secondary N) is 1. The number of amides is 1. The number of carboxylic acid groups (broad SMARTS) is 1. The van der Waals surface area contributed by atoms with Gasteiger partial charge in [0, 0.05) is 11.9 Å². The molecule has 0 aliphatic heterocycles. The van der Waals surface area contributed by atoms with Crippen LogP contribution in [0.2, 0.25) is 5.02 Å². The largest absolute Gasteiger partial charge is 0.481 e. The summed E-state index contributed by atoms with van der Waals surface area (Å²) in [5.74, 6) is -1.74. The number of hydrogen-bond acceptors (Lipinski definition) is 5. The average Bonchev–Trinajstić information content (AvgIpc) is 3.22. The van der Waals surface area contributed by atoms with Crippen LogP contribution >= 0.6 is 11.6 Å². The first-order chi connectivity index (χ1) is 11.0. The van der Waals surface area contributed by atoms with E-state index in [4.69, 9.17) is 21.2 Å². The fourth-order valence-electron chi connectivity index (χ4n) is 2.39. The SMILES string of the molecule is Cc1nc([C@H](NC(=O)[C@H]2C[C@@H]2C(=O)O)c2ccc(Cl)cc2)no1. The molecule has 23 heavy (non-hydrogen) atoms.